The summed E-state index contributed by atoms with van der Waals surface area (Å²) in [6, 6.07) is 0. The predicted molar refractivity (Wildman–Crippen MR) is 51.2 cm³/mol. The molecule has 0 amide bonds. The first-order valence-corrected chi connectivity index (χ1v) is 5.21. The van der Waals surface area contributed by atoms with E-state index in [4.69, 9.17) is 0 Å². The molecular weight excluding hydrogens is 227 g/mol. The number of ketones is 1. The van der Waals surface area contributed by atoms with Crippen LogP contribution in [0.1, 0.15) is 40.9 Å². The molecule has 1 heterocycles. The molecule has 1 aromatic heterocycles. The fraction of sp³-hybridized carbons (Fsp3) is 0.556. The number of alkyl halides is 3. The van der Waals surface area contributed by atoms with E-state index in [2.05, 4.69) is 4.98 Å². The molecule has 0 aliphatic carbocycles. The smallest absolute Gasteiger partial charge is 0.292 e. The summed E-state index contributed by atoms with van der Waals surface area (Å²) in [5.41, 5.74) is 0. The molecule has 0 spiro atoms. The minimum atomic E-state index is -4.27. The third-order valence-corrected chi connectivity index (χ3v) is 3.18. The van der Waals surface area contributed by atoms with Crippen LogP contribution in [-0.2, 0) is 0 Å². The highest BCUT2D eigenvalue weighted by molar-refractivity contribution is 7.13. The van der Waals surface area contributed by atoms with Gasteiger partial charge >= 0.3 is 6.18 Å². The van der Waals surface area contributed by atoms with Gasteiger partial charge in [0.1, 0.15) is 0 Å². The number of hydrogen-bond donors (Lipinski definition) is 0. The Morgan fingerprint density at radius 2 is 2.20 bits per heavy atom. The number of aromatic nitrogens is 1. The highest BCUT2D eigenvalue weighted by Gasteiger charge is 2.40. The first-order valence-electron chi connectivity index (χ1n) is 4.39. The third-order valence-electron chi connectivity index (χ3n) is 1.97. The SMILES string of the molecule is CCC(c1cnc(C(C)=O)s1)C(F)(F)F. The van der Waals surface area contributed by atoms with Crippen molar-refractivity contribution in [3.63, 3.8) is 0 Å². The van der Waals surface area contributed by atoms with E-state index < -0.39 is 12.1 Å². The monoisotopic (exact) mass is 237 g/mol. The highest BCUT2D eigenvalue weighted by Crippen LogP contribution is 2.39. The number of carbonyl (C=O) groups is 1. The van der Waals surface area contributed by atoms with Gasteiger partial charge in [-0.25, -0.2) is 4.98 Å². The fourth-order valence-electron chi connectivity index (χ4n) is 1.20. The van der Waals surface area contributed by atoms with Crippen LogP contribution in [0.5, 0.6) is 0 Å². The van der Waals surface area contributed by atoms with Crippen LogP contribution in [0.15, 0.2) is 6.20 Å². The Morgan fingerprint density at radius 1 is 1.60 bits per heavy atom. The number of nitrogens with zero attached hydrogens (tertiary/aromatic N) is 1. The first kappa shape index (κ1) is 12.2. The van der Waals surface area contributed by atoms with Crippen molar-refractivity contribution in [3.8, 4) is 0 Å². The molecule has 0 fully saturated rings. The average molecular weight is 237 g/mol. The minimum absolute atomic E-state index is 0.0387. The van der Waals surface area contributed by atoms with Gasteiger partial charge in [-0.2, -0.15) is 13.2 Å². The molecular formula is C9H10F3NOS. The summed E-state index contributed by atoms with van der Waals surface area (Å²) in [5, 5.41) is 0.132. The van der Waals surface area contributed by atoms with Gasteiger partial charge in [0.05, 0.1) is 5.92 Å². The van der Waals surface area contributed by atoms with Crippen molar-refractivity contribution in [2.45, 2.75) is 32.4 Å². The zero-order valence-electron chi connectivity index (χ0n) is 8.26. The topological polar surface area (TPSA) is 30.0 Å². The standard InChI is InChI=1S/C9H10F3NOS/c1-3-6(9(10,11)12)7-4-13-8(15-7)5(2)14/h4,6H,3H2,1-2H3. The summed E-state index contributed by atoms with van der Waals surface area (Å²) in [6.07, 6.45) is -3.17. The summed E-state index contributed by atoms with van der Waals surface area (Å²) < 4.78 is 37.5. The van der Waals surface area contributed by atoms with Crippen molar-refractivity contribution in [2.24, 2.45) is 0 Å². The molecule has 1 atom stereocenters. The van der Waals surface area contributed by atoms with Gasteiger partial charge in [0.2, 0.25) is 0 Å². The Bertz CT molecular complexity index is 358. The Kier molecular flexibility index (Phi) is 3.49. The van der Waals surface area contributed by atoms with Gasteiger partial charge < -0.3 is 0 Å². The molecule has 0 N–H and O–H groups in total. The van der Waals surface area contributed by atoms with Crippen LogP contribution in [0, 0.1) is 0 Å². The van der Waals surface area contributed by atoms with E-state index in [1.165, 1.54) is 13.8 Å². The molecule has 0 aromatic carbocycles. The van der Waals surface area contributed by atoms with Crippen molar-refractivity contribution in [1.82, 2.24) is 4.98 Å². The molecule has 0 aliphatic rings. The summed E-state index contributed by atoms with van der Waals surface area (Å²) in [6.45, 7) is 2.75. The maximum Gasteiger partial charge on any atom is 0.396 e. The lowest BCUT2D eigenvalue weighted by atomic mass is 10.1. The second-order valence-electron chi connectivity index (χ2n) is 3.13. The van der Waals surface area contributed by atoms with Crippen LogP contribution in [0.3, 0.4) is 0 Å². The second kappa shape index (κ2) is 4.30. The normalized spacial score (nSPS) is 13.9. The highest BCUT2D eigenvalue weighted by atomic mass is 32.1. The number of thiazole rings is 1. The van der Waals surface area contributed by atoms with Crippen LogP contribution in [0.2, 0.25) is 0 Å². The van der Waals surface area contributed by atoms with Gasteiger partial charge in [-0.3, -0.25) is 4.79 Å². The third kappa shape index (κ3) is 2.77. The molecule has 84 valence electrons. The van der Waals surface area contributed by atoms with E-state index in [1.54, 1.807) is 0 Å². The Labute approximate surface area is 89.1 Å². The molecule has 0 radical (unpaired) electrons. The largest absolute Gasteiger partial charge is 0.396 e. The quantitative estimate of drug-likeness (QED) is 0.754. The van der Waals surface area contributed by atoms with Crippen LogP contribution < -0.4 is 0 Å². The molecule has 0 aliphatic heterocycles. The van der Waals surface area contributed by atoms with Crippen molar-refractivity contribution >= 4 is 17.1 Å². The van der Waals surface area contributed by atoms with Crippen molar-refractivity contribution in [3.05, 3.63) is 16.1 Å². The molecule has 0 bridgehead atoms. The average Bonchev–Trinajstić information content (AvgIpc) is 2.51. The molecule has 1 unspecified atom stereocenters. The summed E-state index contributed by atoms with van der Waals surface area (Å²) in [7, 11) is 0. The van der Waals surface area contributed by atoms with Gasteiger partial charge in [0, 0.05) is 18.0 Å². The lowest BCUT2D eigenvalue weighted by Crippen LogP contribution is -2.18. The molecule has 0 saturated carbocycles. The molecule has 0 saturated heterocycles. The molecule has 2 nitrogen and oxygen atoms in total. The number of halogens is 3. The van der Waals surface area contributed by atoms with E-state index >= 15 is 0 Å². The maximum absolute atomic E-state index is 12.5. The predicted octanol–water partition coefficient (Wildman–Crippen LogP) is 3.40. The van der Waals surface area contributed by atoms with Crippen molar-refractivity contribution < 1.29 is 18.0 Å². The number of hydrogen-bond acceptors (Lipinski definition) is 3. The van der Waals surface area contributed by atoms with E-state index in [1.807, 2.05) is 0 Å². The van der Waals surface area contributed by atoms with Gasteiger partial charge in [0.25, 0.3) is 0 Å². The Hall–Kier alpha value is -0.910. The van der Waals surface area contributed by atoms with Crippen LogP contribution in [0.25, 0.3) is 0 Å². The van der Waals surface area contributed by atoms with Gasteiger partial charge in [-0.1, -0.05) is 6.92 Å². The summed E-state index contributed by atoms with van der Waals surface area (Å²) in [4.78, 5) is 14.7. The lowest BCUT2D eigenvalue weighted by molar-refractivity contribution is -0.150. The minimum Gasteiger partial charge on any atom is -0.292 e. The van der Waals surface area contributed by atoms with E-state index in [-0.39, 0.29) is 22.1 Å². The number of Topliss-reactive ketones (excluding diaryl/α,β-unsaturated/α-hetero) is 1. The molecule has 1 rings (SSSR count). The van der Waals surface area contributed by atoms with Crippen LogP contribution in [-0.4, -0.2) is 16.9 Å². The van der Waals surface area contributed by atoms with E-state index in [0.29, 0.717) is 0 Å². The zero-order chi connectivity index (χ0) is 11.6. The first-order chi connectivity index (χ1) is 6.86. The van der Waals surface area contributed by atoms with Gasteiger partial charge in [-0.15, -0.1) is 11.3 Å². The second-order valence-corrected chi connectivity index (χ2v) is 4.19. The van der Waals surface area contributed by atoms with Crippen LogP contribution in [0.4, 0.5) is 13.2 Å². The molecule has 6 heteroatoms. The van der Waals surface area contributed by atoms with E-state index in [9.17, 15) is 18.0 Å². The summed E-state index contributed by atoms with van der Waals surface area (Å²) >= 11 is 0.820. The van der Waals surface area contributed by atoms with E-state index in [0.717, 1.165) is 17.5 Å². The molecule has 1 aromatic rings. The van der Waals surface area contributed by atoms with Crippen molar-refractivity contribution in [1.29, 1.82) is 0 Å². The Balaban J connectivity index is 2.98. The van der Waals surface area contributed by atoms with Crippen LogP contribution >= 0.6 is 11.3 Å². The number of rotatable bonds is 3. The van der Waals surface area contributed by atoms with Gasteiger partial charge in [-0.05, 0) is 6.42 Å². The molecule has 15 heavy (non-hydrogen) atoms. The van der Waals surface area contributed by atoms with Gasteiger partial charge in [0.15, 0.2) is 10.8 Å². The Morgan fingerprint density at radius 3 is 2.53 bits per heavy atom. The maximum atomic E-state index is 12.5. The zero-order valence-corrected chi connectivity index (χ0v) is 9.08. The number of carbonyl (C=O) groups excluding carboxylic acids is 1. The van der Waals surface area contributed by atoms with Crippen molar-refractivity contribution in [2.75, 3.05) is 0 Å². The summed E-state index contributed by atoms with van der Waals surface area (Å²) in [5.74, 6) is -1.81. The lowest BCUT2D eigenvalue weighted by Gasteiger charge is -2.16. The fourth-order valence-corrected chi connectivity index (χ4v) is 2.22.